The zero-order chi connectivity index (χ0) is 20.4. The summed E-state index contributed by atoms with van der Waals surface area (Å²) in [5.74, 6) is -0.232. The van der Waals surface area contributed by atoms with Gasteiger partial charge in [0.2, 0.25) is 5.91 Å². The summed E-state index contributed by atoms with van der Waals surface area (Å²) in [4.78, 5) is 54.0. The molecule has 0 saturated heterocycles. The highest BCUT2D eigenvalue weighted by atomic mass is 16.2. The number of anilines is 2. The minimum Gasteiger partial charge on any atom is -0.383 e. The Morgan fingerprint density at radius 3 is 2.39 bits per heavy atom. The number of nitrogens with one attached hydrogen (secondary N) is 1. The van der Waals surface area contributed by atoms with Gasteiger partial charge in [-0.25, -0.2) is 4.79 Å². The van der Waals surface area contributed by atoms with Gasteiger partial charge in [-0.1, -0.05) is 19.8 Å². The van der Waals surface area contributed by atoms with Crippen molar-refractivity contribution in [3.63, 3.8) is 0 Å². The molecule has 2 bridgehead atoms. The summed E-state index contributed by atoms with van der Waals surface area (Å²) in [6, 6.07) is 0. The van der Waals surface area contributed by atoms with Crippen molar-refractivity contribution in [1.29, 1.82) is 0 Å². The molecule has 3 N–H and O–H groups in total. The normalized spacial score (nSPS) is 24.2. The van der Waals surface area contributed by atoms with Crippen molar-refractivity contribution in [2.45, 2.75) is 65.3 Å². The summed E-state index contributed by atoms with van der Waals surface area (Å²) in [7, 11) is 0. The Bertz CT molecular complexity index is 856. The predicted molar refractivity (Wildman–Crippen MR) is 107 cm³/mol. The predicted octanol–water partition coefficient (Wildman–Crippen LogP) is 1.67. The molecule has 2 atom stereocenters. The molecule has 2 saturated carbocycles. The van der Waals surface area contributed by atoms with Crippen LogP contribution < -0.4 is 21.9 Å². The van der Waals surface area contributed by atoms with Crippen LogP contribution in [-0.4, -0.2) is 27.8 Å². The molecule has 0 radical (unpaired) electrons. The van der Waals surface area contributed by atoms with E-state index < -0.39 is 11.2 Å². The van der Waals surface area contributed by atoms with Crippen LogP contribution in [0.2, 0.25) is 0 Å². The molecule has 1 heterocycles. The van der Waals surface area contributed by atoms with Gasteiger partial charge in [-0.15, -0.1) is 0 Å². The topological polar surface area (TPSA) is 118 Å². The van der Waals surface area contributed by atoms with Crippen LogP contribution in [0.25, 0.3) is 0 Å². The molecular weight excluding hydrogens is 360 g/mol. The maximum absolute atomic E-state index is 13.3. The lowest BCUT2D eigenvalue weighted by Crippen LogP contribution is -2.47. The molecule has 2 fully saturated rings. The van der Waals surface area contributed by atoms with E-state index in [-0.39, 0.29) is 41.7 Å². The van der Waals surface area contributed by atoms with Crippen molar-refractivity contribution in [2.75, 3.05) is 17.2 Å². The molecule has 154 valence electrons. The number of unbranched alkanes of at least 4 members (excludes halogenated alkanes) is 1. The fourth-order valence-electron chi connectivity index (χ4n) is 4.70. The number of rotatable bonds is 6. The summed E-state index contributed by atoms with van der Waals surface area (Å²) < 4.78 is 1.33. The number of Topliss-reactive ketones (excluding diaryl/α,β-unsaturated/α-hetero) is 1. The third-order valence-corrected chi connectivity index (χ3v) is 6.20. The number of H-pyrrole nitrogens is 1. The van der Waals surface area contributed by atoms with Crippen LogP contribution in [0.15, 0.2) is 9.59 Å². The summed E-state index contributed by atoms with van der Waals surface area (Å²) >= 11 is 0. The highest BCUT2D eigenvalue weighted by molar-refractivity contribution is 5.98. The monoisotopic (exact) mass is 390 g/mol. The highest BCUT2D eigenvalue weighted by Crippen LogP contribution is 2.41. The Kier molecular flexibility index (Phi) is 6.05. The minimum absolute atomic E-state index is 0.0319. The lowest BCUT2D eigenvalue weighted by atomic mass is 9.67. The number of hydrogen-bond donors (Lipinski definition) is 2. The van der Waals surface area contributed by atoms with Crippen molar-refractivity contribution >= 4 is 23.2 Å². The Morgan fingerprint density at radius 1 is 1.18 bits per heavy atom. The molecule has 0 aromatic carbocycles. The molecule has 2 aliphatic rings. The summed E-state index contributed by atoms with van der Waals surface area (Å²) in [6.45, 7) is 4.45. The zero-order valence-corrected chi connectivity index (χ0v) is 16.7. The smallest absolute Gasteiger partial charge is 0.330 e. The van der Waals surface area contributed by atoms with Crippen molar-refractivity contribution in [1.82, 2.24) is 9.55 Å². The van der Waals surface area contributed by atoms with Crippen molar-refractivity contribution in [3.05, 3.63) is 20.8 Å². The second kappa shape index (κ2) is 8.32. The van der Waals surface area contributed by atoms with E-state index >= 15 is 0 Å². The average molecular weight is 390 g/mol. The summed E-state index contributed by atoms with van der Waals surface area (Å²) in [5.41, 5.74) is 5.03. The van der Waals surface area contributed by atoms with Gasteiger partial charge in [-0.3, -0.25) is 23.9 Å². The van der Waals surface area contributed by atoms with Gasteiger partial charge in [0.05, 0.1) is 0 Å². The first-order valence-corrected chi connectivity index (χ1v) is 10.4. The maximum atomic E-state index is 13.3. The highest BCUT2D eigenvalue weighted by Gasteiger charge is 2.42. The second-order valence-electron chi connectivity index (χ2n) is 7.98. The lowest BCUT2D eigenvalue weighted by Gasteiger charge is -2.38. The van der Waals surface area contributed by atoms with E-state index in [9.17, 15) is 19.2 Å². The van der Waals surface area contributed by atoms with E-state index in [2.05, 4.69) is 4.98 Å². The fourth-order valence-corrected chi connectivity index (χ4v) is 4.70. The number of carbonyl (C=O) groups is 2. The fraction of sp³-hybridized carbons (Fsp3) is 0.700. The molecule has 28 heavy (non-hydrogen) atoms. The van der Waals surface area contributed by atoms with Gasteiger partial charge in [0.15, 0.2) is 5.69 Å². The van der Waals surface area contributed by atoms with Crippen LogP contribution in [0.5, 0.6) is 0 Å². The summed E-state index contributed by atoms with van der Waals surface area (Å²) in [5, 5.41) is 0. The second-order valence-corrected chi connectivity index (χ2v) is 7.98. The first-order valence-electron chi connectivity index (χ1n) is 10.4. The van der Waals surface area contributed by atoms with Gasteiger partial charge in [-0.2, -0.15) is 0 Å². The van der Waals surface area contributed by atoms with E-state index in [0.717, 1.165) is 32.1 Å². The van der Waals surface area contributed by atoms with Crippen molar-refractivity contribution in [3.8, 4) is 0 Å². The van der Waals surface area contributed by atoms with E-state index in [1.165, 1.54) is 9.47 Å². The van der Waals surface area contributed by atoms with Gasteiger partial charge in [0.25, 0.3) is 5.56 Å². The number of amides is 1. The number of hydrogen-bond acceptors (Lipinski definition) is 5. The molecule has 8 nitrogen and oxygen atoms in total. The SMILES string of the molecule is CCCCn1c(N)c(N(CC)C(=O)C2CC3CCCC(C2)C3=O)c(=O)[nH]c1=O. The first kappa shape index (κ1) is 20.4. The number of aromatic amines is 1. The third kappa shape index (κ3) is 3.64. The Morgan fingerprint density at radius 2 is 1.82 bits per heavy atom. The lowest BCUT2D eigenvalue weighted by molar-refractivity contribution is -0.136. The molecule has 1 aromatic heterocycles. The Labute approximate surface area is 164 Å². The number of carbonyl (C=O) groups excluding carboxylic acids is 2. The van der Waals surface area contributed by atoms with Crippen LogP contribution >= 0.6 is 0 Å². The number of aromatic nitrogens is 2. The molecular formula is C20H30N4O4. The quantitative estimate of drug-likeness (QED) is 0.766. The van der Waals surface area contributed by atoms with Gasteiger partial charge in [0, 0.05) is 30.8 Å². The molecule has 0 spiro atoms. The van der Waals surface area contributed by atoms with Gasteiger partial charge >= 0.3 is 5.69 Å². The number of nitrogens with zero attached hydrogens (tertiary/aromatic N) is 2. The zero-order valence-electron chi connectivity index (χ0n) is 16.7. The molecule has 0 aliphatic heterocycles. The number of ketones is 1. The van der Waals surface area contributed by atoms with Crippen molar-refractivity contribution in [2.24, 2.45) is 17.8 Å². The molecule has 3 rings (SSSR count). The minimum atomic E-state index is -0.641. The molecule has 2 aliphatic carbocycles. The molecule has 1 amide bonds. The van der Waals surface area contributed by atoms with E-state index in [1.54, 1.807) is 6.92 Å². The number of nitrogen functional groups attached to an aromatic ring is 1. The number of fused-ring (bicyclic) bond motifs is 2. The third-order valence-electron chi connectivity index (χ3n) is 6.20. The first-order chi connectivity index (χ1) is 13.4. The standard InChI is InChI=1S/C20H30N4O4/c1-3-5-9-24-17(21)15(18(26)22-20(24)28)23(4-2)19(27)14-10-12-7-6-8-13(11-14)16(12)25/h12-14H,3-11,21H2,1-2H3,(H,22,26,28). The van der Waals surface area contributed by atoms with Crippen LogP contribution in [0, 0.1) is 17.8 Å². The molecule has 2 unspecified atom stereocenters. The van der Waals surface area contributed by atoms with Gasteiger partial charge in [-0.05, 0) is 39.0 Å². The van der Waals surface area contributed by atoms with E-state index in [0.29, 0.717) is 25.2 Å². The van der Waals surface area contributed by atoms with Gasteiger partial charge < -0.3 is 10.6 Å². The van der Waals surface area contributed by atoms with Crippen LogP contribution in [-0.2, 0) is 16.1 Å². The van der Waals surface area contributed by atoms with Gasteiger partial charge in [0.1, 0.15) is 11.6 Å². The molecule has 8 heteroatoms. The van der Waals surface area contributed by atoms with Crippen molar-refractivity contribution < 1.29 is 9.59 Å². The maximum Gasteiger partial charge on any atom is 0.330 e. The van der Waals surface area contributed by atoms with E-state index in [4.69, 9.17) is 5.73 Å². The largest absolute Gasteiger partial charge is 0.383 e. The summed E-state index contributed by atoms with van der Waals surface area (Å²) in [6.07, 6.45) is 5.41. The Balaban J connectivity index is 1.93. The molecule has 1 aromatic rings. The Hall–Kier alpha value is -2.38. The average Bonchev–Trinajstić information content (AvgIpc) is 2.64. The number of nitrogens with two attached hydrogens (primary N) is 1. The van der Waals surface area contributed by atoms with E-state index in [1.807, 2.05) is 6.92 Å². The van der Waals surface area contributed by atoms with Crippen LogP contribution in [0.3, 0.4) is 0 Å². The van der Waals surface area contributed by atoms with Crippen LogP contribution in [0.4, 0.5) is 11.5 Å². The van der Waals surface area contributed by atoms with Crippen LogP contribution in [0.1, 0.15) is 58.8 Å².